The van der Waals surface area contributed by atoms with Gasteiger partial charge in [0.25, 0.3) is 0 Å². The standard InChI is InChI=1S/C43H39N/c1-41(2)35-22-14-13-21-34(35)40-33-20-11-10-19-32(33)39(27-38(40)41)44(28-16-8-7-9-17-28)29-24-25-31-30-18-12-15-23-36(30)42(3,4)43(5,6)37(31)26-29/h7-27H,1-6H3. The van der Waals surface area contributed by atoms with E-state index in [1.807, 2.05) is 0 Å². The Morgan fingerprint density at radius 2 is 0.977 bits per heavy atom. The van der Waals surface area contributed by atoms with Crippen LogP contribution in [-0.2, 0) is 16.2 Å². The van der Waals surface area contributed by atoms with Crippen molar-refractivity contribution < 1.29 is 0 Å². The Labute approximate surface area is 261 Å². The summed E-state index contributed by atoms with van der Waals surface area (Å²) >= 11 is 0. The van der Waals surface area contributed by atoms with Gasteiger partial charge >= 0.3 is 0 Å². The van der Waals surface area contributed by atoms with E-state index in [4.69, 9.17) is 0 Å². The lowest BCUT2D eigenvalue weighted by atomic mass is 9.55. The normalized spacial score (nSPS) is 16.5. The molecule has 0 fully saturated rings. The summed E-state index contributed by atoms with van der Waals surface area (Å²) in [6, 6.07) is 47.5. The summed E-state index contributed by atoms with van der Waals surface area (Å²) in [5, 5.41) is 2.58. The molecule has 0 unspecified atom stereocenters. The van der Waals surface area contributed by atoms with Crippen LogP contribution >= 0.6 is 0 Å². The van der Waals surface area contributed by atoms with Gasteiger partial charge in [0.15, 0.2) is 0 Å². The molecule has 2 aliphatic carbocycles. The molecule has 0 heterocycles. The van der Waals surface area contributed by atoms with Crippen molar-refractivity contribution in [2.45, 2.75) is 57.8 Å². The molecule has 44 heavy (non-hydrogen) atoms. The highest BCUT2D eigenvalue weighted by Gasteiger charge is 2.46. The molecule has 8 rings (SSSR count). The first kappa shape index (κ1) is 27.0. The van der Waals surface area contributed by atoms with Gasteiger partial charge in [-0.15, -0.1) is 0 Å². The minimum Gasteiger partial charge on any atom is -0.310 e. The number of fused-ring (bicyclic) bond motifs is 8. The van der Waals surface area contributed by atoms with Crippen LogP contribution in [0.25, 0.3) is 33.0 Å². The van der Waals surface area contributed by atoms with E-state index in [1.54, 1.807) is 0 Å². The number of benzene rings is 6. The van der Waals surface area contributed by atoms with Crippen LogP contribution in [-0.4, -0.2) is 0 Å². The molecule has 0 N–H and O–H groups in total. The fourth-order valence-electron chi connectivity index (χ4n) is 8.08. The molecule has 1 heteroatoms. The molecule has 0 aromatic heterocycles. The Morgan fingerprint density at radius 3 is 1.73 bits per heavy atom. The highest BCUT2D eigenvalue weighted by atomic mass is 15.1. The van der Waals surface area contributed by atoms with Gasteiger partial charge in [-0.2, -0.15) is 0 Å². The van der Waals surface area contributed by atoms with Crippen molar-refractivity contribution in [3.05, 3.63) is 150 Å². The number of anilines is 3. The Bertz CT molecular complexity index is 2090. The summed E-state index contributed by atoms with van der Waals surface area (Å²) < 4.78 is 0. The molecule has 0 atom stereocenters. The van der Waals surface area contributed by atoms with Crippen molar-refractivity contribution in [1.82, 2.24) is 0 Å². The maximum absolute atomic E-state index is 2.49. The fourth-order valence-corrected chi connectivity index (χ4v) is 8.08. The average Bonchev–Trinajstić information content (AvgIpc) is 3.27. The van der Waals surface area contributed by atoms with Crippen LogP contribution in [0.1, 0.15) is 63.8 Å². The molecule has 0 spiro atoms. The van der Waals surface area contributed by atoms with E-state index in [2.05, 4.69) is 174 Å². The van der Waals surface area contributed by atoms with Crippen LogP contribution in [0.2, 0.25) is 0 Å². The van der Waals surface area contributed by atoms with Gasteiger partial charge in [0.2, 0.25) is 0 Å². The van der Waals surface area contributed by atoms with Gasteiger partial charge < -0.3 is 4.90 Å². The Kier molecular flexibility index (Phi) is 5.63. The smallest absolute Gasteiger partial charge is 0.0543 e. The van der Waals surface area contributed by atoms with E-state index in [0.717, 1.165) is 0 Å². The predicted molar refractivity (Wildman–Crippen MR) is 188 cm³/mol. The van der Waals surface area contributed by atoms with Crippen molar-refractivity contribution in [2.24, 2.45) is 0 Å². The van der Waals surface area contributed by atoms with E-state index in [-0.39, 0.29) is 16.2 Å². The van der Waals surface area contributed by atoms with Gasteiger partial charge in [0.1, 0.15) is 0 Å². The van der Waals surface area contributed by atoms with Crippen LogP contribution in [0.5, 0.6) is 0 Å². The first-order valence-electron chi connectivity index (χ1n) is 15.9. The minimum atomic E-state index is -0.0986. The second kappa shape index (κ2) is 9.19. The van der Waals surface area contributed by atoms with E-state index in [1.165, 1.54) is 72.3 Å². The topological polar surface area (TPSA) is 3.24 Å². The lowest BCUT2D eigenvalue weighted by molar-refractivity contribution is 0.299. The van der Waals surface area contributed by atoms with Crippen LogP contribution in [0.15, 0.2) is 127 Å². The van der Waals surface area contributed by atoms with E-state index in [0.29, 0.717) is 0 Å². The summed E-state index contributed by atoms with van der Waals surface area (Å²) in [7, 11) is 0. The Balaban J connectivity index is 1.43. The second-order valence-electron chi connectivity index (χ2n) is 14.2. The number of rotatable bonds is 3. The quantitative estimate of drug-likeness (QED) is 0.205. The molecule has 216 valence electrons. The molecular weight excluding hydrogens is 530 g/mol. The fraction of sp³-hybridized carbons (Fsp3) is 0.209. The molecule has 6 aromatic carbocycles. The first-order valence-corrected chi connectivity index (χ1v) is 15.9. The van der Waals surface area contributed by atoms with Crippen LogP contribution in [0, 0.1) is 0 Å². The third kappa shape index (κ3) is 3.53. The molecule has 1 nitrogen and oxygen atoms in total. The Morgan fingerprint density at radius 1 is 0.409 bits per heavy atom. The van der Waals surface area contributed by atoms with Crippen molar-refractivity contribution in [2.75, 3.05) is 4.90 Å². The van der Waals surface area contributed by atoms with Crippen LogP contribution in [0.4, 0.5) is 17.1 Å². The van der Waals surface area contributed by atoms with Crippen LogP contribution in [0.3, 0.4) is 0 Å². The van der Waals surface area contributed by atoms with E-state index in [9.17, 15) is 0 Å². The van der Waals surface area contributed by atoms with E-state index < -0.39 is 0 Å². The van der Waals surface area contributed by atoms with Crippen molar-refractivity contribution in [3.8, 4) is 22.3 Å². The zero-order chi connectivity index (χ0) is 30.4. The molecule has 0 bridgehead atoms. The Hall–Kier alpha value is -4.62. The molecule has 0 aliphatic heterocycles. The summed E-state index contributed by atoms with van der Waals surface area (Å²) in [4.78, 5) is 2.49. The molecular formula is C43H39N. The van der Waals surface area contributed by atoms with Crippen LogP contribution < -0.4 is 4.90 Å². The number of hydrogen-bond donors (Lipinski definition) is 0. The van der Waals surface area contributed by atoms with Gasteiger partial charge in [0.05, 0.1) is 5.69 Å². The summed E-state index contributed by atoms with van der Waals surface area (Å²) in [5.74, 6) is 0. The molecule has 0 radical (unpaired) electrons. The molecule has 2 aliphatic rings. The summed E-state index contributed by atoms with van der Waals surface area (Å²) in [6.07, 6.45) is 0. The van der Waals surface area contributed by atoms with Crippen molar-refractivity contribution >= 4 is 27.8 Å². The molecule has 0 amide bonds. The molecule has 0 saturated heterocycles. The van der Waals surface area contributed by atoms with Gasteiger partial charge in [-0.1, -0.05) is 139 Å². The zero-order valence-corrected chi connectivity index (χ0v) is 26.6. The summed E-state index contributed by atoms with van der Waals surface area (Å²) in [6.45, 7) is 14.4. The third-order valence-electron chi connectivity index (χ3n) is 11.2. The number of para-hydroxylation sites is 1. The predicted octanol–water partition coefficient (Wildman–Crippen LogP) is 11.9. The van der Waals surface area contributed by atoms with Gasteiger partial charge in [-0.05, 0) is 91.1 Å². The van der Waals surface area contributed by atoms with Crippen molar-refractivity contribution in [1.29, 1.82) is 0 Å². The lowest BCUT2D eigenvalue weighted by Crippen LogP contribution is -2.43. The maximum atomic E-state index is 2.49. The highest BCUT2D eigenvalue weighted by Crippen LogP contribution is 2.57. The largest absolute Gasteiger partial charge is 0.310 e. The number of nitrogens with zero attached hydrogens (tertiary/aromatic N) is 1. The third-order valence-corrected chi connectivity index (χ3v) is 11.2. The van der Waals surface area contributed by atoms with Gasteiger partial charge in [-0.25, -0.2) is 0 Å². The van der Waals surface area contributed by atoms with Gasteiger partial charge in [-0.3, -0.25) is 0 Å². The van der Waals surface area contributed by atoms with E-state index >= 15 is 0 Å². The second-order valence-corrected chi connectivity index (χ2v) is 14.2. The average molecular weight is 570 g/mol. The van der Waals surface area contributed by atoms with Crippen molar-refractivity contribution in [3.63, 3.8) is 0 Å². The minimum absolute atomic E-state index is 0.0249. The SMILES string of the molecule is CC1(C)c2ccccc2-c2c1cc(N(c1ccccc1)c1ccc3c(c1)C(C)(C)C(C)(C)c1ccccc1-3)c1ccccc21. The zero-order valence-electron chi connectivity index (χ0n) is 26.6. The molecule has 6 aromatic rings. The number of hydrogen-bond acceptors (Lipinski definition) is 1. The van der Waals surface area contributed by atoms with Gasteiger partial charge in [0, 0.05) is 22.2 Å². The lowest BCUT2D eigenvalue weighted by Gasteiger charge is -2.48. The highest BCUT2D eigenvalue weighted by molar-refractivity contribution is 6.10. The monoisotopic (exact) mass is 569 g/mol. The summed E-state index contributed by atoms with van der Waals surface area (Å²) in [5.41, 5.74) is 14.4. The maximum Gasteiger partial charge on any atom is 0.0543 e. The first-order chi connectivity index (χ1) is 21.1. The molecule has 0 saturated carbocycles.